The molecule has 0 aromatic carbocycles. The summed E-state index contributed by atoms with van der Waals surface area (Å²) in [6, 6.07) is 0. The van der Waals surface area contributed by atoms with Crippen LogP contribution >= 0.6 is 0 Å². The molecule has 4 heteroatoms. The molecule has 82 valence electrons. The molecule has 1 heterocycles. The molecular weight excluding hydrogens is 235 g/mol. The minimum atomic E-state index is 0. The Labute approximate surface area is 101 Å². The van der Waals surface area contributed by atoms with Gasteiger partial charge in [0.1, 0.15) is 0 Å². The fourth-order valence-corrected chi connectivity index (χ4v) is 0.831. The van der Waals surface area contributed by atoms with Gasteiger partial charge in [-0.05, 0) is 12.8 Å². The van der Waals surface area contributed by atoms with Gasteiger partial charge in [-0.3, -0.25) is 0 Å². The Morgan fingerprint density at radius 2 is 1.20 bits per heavy atom. The zero-order chi connectivity index (χ0) is 11.1. The van der Waals surface area contributed by atoms with Gasteiger partial charge < -0.3 is 4.74 Å². The molecule has 0 spiro atoms. The van der Waals surface area contributed by atoms with Crippen molar-refractivity contribution in [2.24, 2.45) is 0 Å². The number of ether oxygens (including phenoxy) is 1. The summed E-state index contributed by atoms with van der Waals surface area (Å²) >= 11 is 0. The summed E-state index contributed by atoms with van der Waals surface area (Å²) in [7, 11) is 0. The van der Waals surface area contributed by atoms with Crippen LogP contribution in [-0.2, 0) is 31.1 Å². The van der Waals surface area contributed by atoms with Crippen LogP contribution in [0.1, 0.15) is 12.8 Å². The Morgan fingerprint density at radius 1 is 0.800 bits per heavy atom. The minimum Gasteiger partial charge on any atom is -0.0767 e. The minimum absolute atomic E-state index is 0. The fourth-order valence-electron chi connectivity index (χ4n) is 0.831. The number of allylic oxidation sites excluding steroid dienone is 4. The second-order valence-corrected chi connectivity index (χ2v) is 2.28. The SMILES string of the molecule is C1CCOC1.[C-]#[O+].[C-]#[O+].[CH]1C=CC=C1.[Mn]. The molecule has 2 rings (SSSR count). The molecule has 3 nitrogen and oxygen atoms in total. The number of rotatable bonds is 0. The smallest absolute Gasteiger partial charge is 0.00506 e. The van der Waals surface area contributed by atoms with Crippen molar-refractivity contribution in [1.82, 2.24) is 0 Å². The molecule has 1 fully saturated rings. The second-order valence-electron chi connectivity index (χ2n) is 2.28. The van der Waals surface area contributed by atoms with Gasteiger partial charge in [0.25, 0.3) is 0 Å². The van der Waals surface area contributed by atoms with Gasteiger partial charge in [0.2, 0.25) is 0 Å². The van der Waals surface area contributed by atoms with Crippen molar-refractivity contribution >= 4 is 0 Å². The summed E-state index contributed by atoms with van der Waals surface area (Å²) in [5.74, 6) is 0. The van der Waals surface area contributed by atoms with E-state index in [1.165, 1.54) is 12.8 Å². The van der Waals surface area contributed by atoms with E-state index in [1.54, 1.807) is 0 Å². The molecule has 0 N–H and O–H groups in total. The van der Waals surface area contributed by atoms with Gasteiger partial charge in [-0.2, -0.15) is 0 Å². The van der Waals surface area contributed by atoms with Gasteiger partial charge in [-0.1, -0.05) is 24.3 Å². The molecule has 15 heavy (non-hydrogen) atoms. The maximum atomic E-state index is 7.50. The summed E-state index contributed by atoms with van der Waals surface area (Å²) in [5.41, 5.74) is 0. The van der Waals surface area contributed by atoms with Crippen molar-refractivity contribution in [2.45, 2.75) is 12.8 Å². The van der Waals surface area contributed by atoms with E-state index in [1.807, 2.05) is 30.7 Å². The first-order valence-corrected chi connectivity index (χ1v) is 4.15. The van der Waals surface area contributed by atoms with Crippen molar-refractivity contribution in [3.05, 3.63) is 44.0 Å². The zero-order valence-corrected chi connectivity index (χ0v) is 9.50. The third-order valence-corrected chi connectivity index (χ3v) is 1.38. The van der Waals surface area contributed by atoms with Gasteiger partial charge in [0.15, 0.2) is 0 Å². The van der Waals surface area contributed by atoms with Crippen molar-refractivity contribution < 1.29 is 31.1 Å². The molecule has 0 unspecified atom stereocenters. The standard InChI is InChI=1S/C5H5.C4H8O.2CO.Mn/c2*1-2-4-5-3-1;2*1-2;/h1-5H;1-4H2;;;. The van der Waals surface area contributed by atoms with Gasteiger partial charge >= 0.3 is 22.6 Å². The molecule has 0 saturated carbocycles. The molecule has 2 radical (unpaired) electrons. The third-order valence-electron chi connectivity index (χ3n) is 1.38. The van der Waals surface area contributed by atoms with E-state index in [2.05, 4.69) is 13.3 Å². The first-order chi connectivity index (χ1) is 7.00. The van der Waals surface area contributed by atoms with E-state index in [0.717, 1.165) is 13.2 Å². The summed E-state index contributed by atoms with van der Waals surface area (Å²) in [6.07, 6.45) is 12.6. The Morgan fingerprint density at radius 3 is 1.33 bits per heavy atom. The molecule has 0 bridgehead atoms. The Hall–Kier alpha value is -0.561. The molecule has 0 atom stereocenters. The van der Waals surface area contributed by atoms with Crippen LogP contribution in [0.15, 0.2) is 24.3 Å². The number of hydrogen-bond donors (Lipinski definition) is 0. The van der Waals surface area contributed by atoms with Crippen LogP contribution in [0.4, 0.5) is 0 Å². The maximum Gasteiger partial charge on any atom is 0.00506 e. The van der Waals surface area contributed by atoms with E-state index in [4.69, 9.17) is 14.0 Å². The average molecular weight is 248 g/mol. The predicted octanol–water partition coefficient (Wildman–Crippen LogP) is 2.04. The Balaban J connectivity index is -0.000000138. The van der Waals surface area contributed by atoms with E-state index in [0.29, 0.717) is 0 Å². The molecule has 1 aliphatic carbocycles. The molecular formula is C11H13MnO3. The van der Waals surface area contributed by atoms with Crippen LogP contribution in [0.2, 0.25) is 0 Å². The van der Waals surface area contributed by atoms with Gasteiger partial charge in [0, 0.05) is 36.7 Å². The Bertz CT molecular complexity index is 167. The molecule has 0 aromatic heterocycles. The van der Waals surface area contributed by atoms with Gasteiger partial charge in [-0.25, -0.2) is 0 Å². The summed E-state index contributed by atoms with van der Waals surface area (Å²) in [4.78, 5) is 0. The van der Waals surface area contributed by atoms with Crippen molar-refractivity contribution in [2.75, 3.05) is 13.2 Å². The third kappa shape index (κ3) is 19.7. The van der Waals surface area contributed by atoms with Gasteiger partial charge in [-0.15, -0.1) is 0 Å². The first kappa shape index (κ1) is 19.9. The van der Waals surface area contributed by atoms with Crippen molar-refractivity contribution in [3.8, 4) is 0 Å². The molecule has 1 saturated heterocycles. The normalized spacial score (nSPS) is 14.1. The van der Waals surface area contributed by atoms with Crippen LogP contribution in [0.3, 0.4) is 0 Å². The van der Waals surface area contributed by atoms with Crippen LogP contribution < -0.4 is 0 Å². The topological polar surface area (TPSA) is 49.0 Å². The van der Waals surface area contributed by atoms with E-state index in [9.17, 15) is 0 Å². The quantitative estimate of drug-likeness (QED) is 0.367. The molecule has 2 aliphatic rings. The molecule has 0 amide bonds. The summed E-state index contributed by atoms with van der Waals surface area (Å²) in [5, 5.41) is 0. The largest absolute Gasteiger partial charge is 0.0767 e. The van der Waals surface area contributed by atoms with E-state index in [-0.39, 0.29) is 17.1 Å². The molecule has 0 aromatic rings. The monoisotopic (exact) mass is 248 g/mol. The van der Waals surface area contributed by atoms with E-state index < -0.39 is 0 Å². The summed E-state index contributed by atoms with van der Waals surface area (Å²) < 4.78 is 19.9. The van der Waals surface area contributed by atoms with Crippen molar-refractivity contribution in [3.63, 3.8) is 0 Å². The number of hydrogen-bond acceptors (Lipinski definition) is 1. The van der Waals surface area contributed by atoms with Gasteiger partial charge in [0.05, 0.1) is 0 Å². The fraction of sp³-hybridized carbons (Fsp3) is 0.364. The Kier molecular flexibility index (Phi) is 31.0. The zero-order valence-electron chi connectivity index (χ0n) is 8.32. The van der Waals surface area contributed by atoms with Crippen LogP contribution in [0.25, 0.3) is 0 Å². The first-order valence-electron chi connectivity index (χ1n) is 4.15. The maximum absolute atomic E-state index is 7.50. The summed E-state index contributed by atoms with van der Waals surface area (Å²) in [6.45, 7) is 11.0. The van der Waals surface area contributed by atoms with E-state index >= 15 is 0 Å². The van der Waals surface area contributed by atoms with Crippen LogP contribution in [0.5, 0.6) is 0 Å². The predicted molar refractivity (Wildman–Crippen MR) is 50.5 cm³/mol. The van der Waals surface area contributed by atoms with Crippen LogP contribution in [-0.4, -0.2) is 13.2 Å². The molecule has 1 aliphatic heterocycles. The van der Waals surface area contributed by atoms with Crippen LogP contribution in [0, 0.1) is 19.7 Å². The average Bonchev–Trinajstić information content (AvgIpc) is 3.01. The second kappa shape index (κ2) is 23.3. The van der Waals surface area contributed by atoms with Crippen molar-refractivity contribution in [1.29, 1.82) is 0 Å².